The fraction of sp³-hybridized carbons (Fsp3) is 0.583. The van der Waals surface area contributed by atoms with E-state index in [4.69, 9.17) is 9.84 Å². The molecule has 0 radical (unpaired) electrons. The van der Waals surface area contributed by atoms with Gasteiger partial charge in [0, 0.05) is 26.1 Å². The normalized spacial score (nSPS) is 10.4. The van der Waals surface area contributed by atoms with Crippen LogP contribution in [-0.4, -0.2) is 40.7 Å². The number of carboxylic acids is 1. The van der Waals surface area contributed by atoms with Gasteiger partial charge in [-0.25, -0.2) is 9.97 Å². The lowest BCUT2D eigenvalue weighted by Gasteiger charge is -2.18. The number of carboxylic acid groups (broad SMARTS) is 1. The molecule has 1 N–H and O–H groups in total. The Morgan fingerprint density at radius 2 is 2.22 bits per heavy atom. The summed E-state index contributed by atoms with van der Waals surface area (Å²) in [5, 5.41) is 8.58. The summed E-state index contributed by atoms with van der Waals surface area (Å²) < 4.78 is 5.48. The smallest absolute Gasteiger partial charge is 0.303 e. The summed E-state index contributed by atoms with van der Waals surface area (Å²) in [6, 6.07) is 1.75. The molecule has 0 fully saturated rings. The lowest BCUT2D eigenvalue weighted by atomic mass is 10.3. The van der Waals surface area contributed by atoms with Crippen molar-refractivity contribution in [1.82, 2.24) is 9.97 Å². The number of aromatic nitrogens is 2. The third kappa shape index (κ3) is 4.99. The van der Waals surface area contributed by atoms with Crippen LogP contribution in [0.5, 0.6) is 5.88 Å². The molecule has 0 aromatic carbocycles. The molecule has 0 unspecified atom stereocenters. The molecule has 18 heavy (non-hydrogen) atoms. The van der Waals surface area contributed by atoms with Crippen LogP contribution in [0.15, 0.2) is 12.4 Å². The Balaban J connectivity index is 2.56. The minimum absolute atomic E-state index is 0.0602. The summed E-state index contributed by atoms with van der Waals surface area (Å²) in [4.78, 5) is 20.5. The van der Waals surface area contributed by atoms with E-state index in [1.165, 1.54) is 6.33 Å². The van der Waals surface area contributed by atoms with Gasteiger partial charge in [-0.05, 0) is 20.3 Å². The molecule has 0 aliphatic rings. The number of nitrogens with zero attached hydrogens (tertiary/aromatic N) is 3. The van der Waals surface area contributed by atoms with E-state index in [-0.39, 0.29) is 12.5 Å². The molecule has 1 aromatic rings. The van der Waals surface area contributed by atoms with Crippen LogP contribution in [0, 0.1) is 0 Å². The van der Waals surface area contributed by atoms with Gasteiger partial charge >= 0.3 is 5.97 Å². The molecular formula is C12H19N3O3. The zero-order valence-corrected chi connectivity index (χ0v) is 11.0. The molecule has 1 rings (SSSR count). The van der Waals surface area contributed by atoms with Crippen molar-refractivity contribution >= 4 is 11.8 Å². The highest BCUT2D eigenvalue weighted by Gasteiger charge is 2.07. The number of carbonyl (C=O) groups is 1. The van der Waals surface area contributed by atoms with Gasteiger partial charge in [0.15, 0.2) is 0 Å². The van der Waals surface area contributed by atoms with Crippen molar-refractivity contribution in [2.45, 2.75) is 32.8 Å². The van der Waals surface area contributed by atoms with Crippen LogP contribution in [0.1, 0.15) is 26.7 Å². The number of ether oxygens (including phenoxy) is 1. The molecule has 0 aliphatic heterocycles. The van der Waals surface area contributed by atoms with Crippen molar-refractivity contribution in [3.63, 3.8) is 0 Å². The Morgan fingerprint density at radius 1 is 1.50 bits per heavy atom. The van der Waals surface area contributed by atoms with Crippen molar-refractivity contribution < 1.29 is 14.6 Å². The van der Waals surface area contributed by atoms with E-state index in [2.05, 4.69) is 9.97 Å². The summed E-state index contributed by atoms with van der Waals surface area (Å²) in [5.41, 5.74) is 0. The number of hydrogen-bond acceptors (Lipinski definition) is 5. The molecule has 0 saturated heterocycles. The maximum absolute atomic E-state index is 10.4. The lowest BCUT2D eigenvalue weighted by molar-refractivity contribution is -0.137. The minimum atomic E-state index is -0.782. The fourth-order valence-corrected chi connectivity index (χ4v) is 1.43. The monoisotopic (exact) mass is 253 g/mol. The number of aliphatic carboxylic acids is 1. The number of hydrogen-bond donors (Lipinski definition) is 1. The molecule has 0 aliphatic carbocycles. The third-order valence-electron chi connectivity index (χ3n) is 2.26. The van der Waals surface area contributed by atoms with Crippen LogP contribution < -0.4 is 9.64 Å². The Bertz CT molecular complexity index is 396. The molecule has 0 bridgehead atoms. The molecule has 6 nitrogen and oxygen atoms in total. The van der Waals surface area contributed by atoms with Crippen LogP contribution in [0.25, 0.3) is 0 Å². The highest BCUT2D eigenvalue weighted by molar-refractivity contribution is 5.66. The van der Waals surface area contributed by atoms with Crippen molar-refractivity contribution in [3.8, 4) is 5.88 Å². The average Bonchev–Trinajstić information content (AvgIpc) is 2.27. The van der Waals surface area contributed by atoms with Crippen molar-refractivity contribution in [2.75, 3.05) is 18.5 Å². The van der Waals surface area contributed by atoms with E-state index in [1.807, 2.05) is 25.8 Å². The van der Waals surface area contributed by atoms with Gasteiger partial charge in [-0.1, -0.05) is 0 Å². The van der Waals surface area contributed by atoms with E-state index < -0.39 is 5.97 Å². The van der Waals surface area contributed by atoms with Gasteiger partial charge in [0.05, 0.1) is 6.10 Å². The van der Waals surface area contributed by atoms with E-state index in [1.54, 1.807) is 6.07 Å². The van der Waals surface area contributed by atoms with Crippen LogP contribution in [0.2, 0.25) is 0 Å². The molecule has 1 aromatic heterocycles. The van der Waals surface area contributed by atoms with Crippen LogP contribution >= 0.6 is 0 Å². The molecule has 0 amide bonds. The summed E-state index contributed by atoms with van der Waals surface area (Å²) in [6.07, 6.45) is 2.24. The topological polar surface area (TPSA) is 75.5 Å². The Kier molecular flexibility index (Phi) is 5.35. The first-order valence-corrected chi connectivity index (χ1v) is 5.90. The predicted octanol–water partition coefficient (Wildman–Crippen LogP) is 1.56. The second kappa shape index (κ2) is 6.78. The standard InChI is InChI=1S/C12H19N3O3/c1-9(2)18-11-7-10(13-8-14-11)15(3)6-4-5-12(16)17/h7-9H,4-6H2,1-3H3,(H,16,17). The summed E-state index contributed by atoms with van der Waals surface area (Å²) in [7, 11) is 1.86. The Morgan fingerprint density at radius 3 is 2.83 bits per heavy atom. The van der Waals surface area contributed by atoms with Gasteiger partial charge in [0.2, 0.25) is 5.88 Å². The predicted molar refractivity (Wildman–Crippen MR) is 67.9 cm³/mol. The van der Waals surface area contributed by atoms with E-state index >= 15 is 0 Å². The highest BCUT2D eigenvalue weighted by Crippen LogP contribution is 2.15. The van der Waals surface area contributed by atoms with Crippen molar-refractivity contribution in [3.05, 3.63) is 12.4 Å². The first-order chi connectivity index (χ1) is 8.49. The first-order valence-electron chi connectivity index (χ1n) is 5.90. The van der Waals surface area contributed by atoms with Crippen LogP contribution in [0.3, 0.4) is 0 Å². The molecule has 6 heteroatoms. The molecular weight excluding hydrogens is 234 g/mol. The maximum Gasteiger partial charge on any atom is 0.303 e. The van der Waals surface area contributed by atoms with Gasteiger partial charge in [0.25, 0.3) is 0 Å². The van der Waals surface area contributed by atoms with E-state index in [0.717, 1.165) is 5.82 Å². The zero-order valence-electron chi connectivity index (χ0n) is 11.0. The van der Waals surface area contributed by atoms with Gasteiger partial charge in [-0.15, -0.1) is 0 Å². The highest BCUT2D eigenvalue weighted by atomic mass is 16.5. The van der Waals surface area contributed by atoms with Crippen LogP contribution in [-0.2, 0) is 4.79 Å². The van der Waals surface area contributed by atoms with Gasteiger partial charge in [-0.3, -0.25) is 4.79 Å². The van der Waals surface area contributed by atoms with E-state index in [9.17, 15) is 4.79 Å². The molecule has 0 saturated carbocycles. The van der Waals surface area contributed by atoms with Crippen molar-refractivity contribution in [2.24, 2.45) is 0 Å². The quantitative estimate of drug-likeness (QED) is 0.794. The SMILES string of the molecule is CC(C)Oc1cc(N(C)CCCC(=O)O)ncn1. The largest absolute Gasteiger partial charge is 0.481 e. The fourth-order valence-electron chi connectivity index (χ4n) is 1.43. The van der Waals surface area contributed by atoms with Gasteiger partial charge in [0.1, 0.15) is 12.1 Å². The molecule has 0 atom stereocenters. The van der Waals surface area contributed by atoms with Gasteiger partial charge < -0.3 is 14.7 Å². The number of anilines is 1. The maximum atomic E-state index is 10.4. The van der Waals surface area contributed by atoms with E-state index in [0.29, 0.717) is 18.8 Å². The van der Waals surface area contributed by atoms with Crippen molar-refractivity contribution in [1.29, 1.82) is 0 Å². The summed E-state index contributed by atoms with van der Waals surface area (Å²) >= 11 is 0. The molecule has 0 spiro atoms. The summed E-state index contributed by atoms with van der Waals surface area (Å²) in [5.74, 6) is 0.473. The molecule has 1 heterocycles. The second-order valence-electron chi connectivity index (χ2n) is 4.30. The second-order valence-corrected chi connectivity index (χ2v) is 4.30. The minimum Gasteiger partial charge on any atom is -0.481 e. The van der Waals surface area contributed by atoms with Crippen LogP contribution in [0.4, 0.5) is 5.82 Å². The van der Waals surface area contributed by atoms with Gasteiger partial charge in [-0.2, -0.15) is 0 Å². The Labute approximate surface area is 107 Å². The zero-order chi connectivity index (χ0) is 13.5. The first kappa shape index (κ1) is 14.2. The average molecular weight is 253 g/mol. The third-order valence-corrected chi connectivity index (χ3v) is 2.26. The lowest BCUT2D eigenvalue weighted by Crippen LogP contribution is -2.20. The number of rotatable bonds is 7. The molecule has 100 valence electrons. The summed E-state index contributed by atoms with van der Waals surface area (Å²) in [6.45, 7) is 4.49. The Hall–Kier alpha value is -1.85.